The molecule has 1 amide bonds. The third kappa shape index (κ3) is 3.14. The van der Waals surface area contributed by atoms with Gasteiger partial charge in [0.15, 0.2) is 0 Å². The minimum Gasteiger partial charge on any atom is -0.351 e. The van der Waals surface area contributed by atoms with Crippen molar-refractivity contribution < 1.29 is 9.59 Å². The molecule has 27 heavy (non-hydrogen) atoms. The van der Waals surface area contributed by atoms with Crippen LogP contribution in [0.3, 0.4) is 0 Å². The predicted molar refractivity (Wildman–Crippen MR) is 107 cm³/mol. The highest BCUT2D eigenvalue weighted by atomic mass is 32.1. The molecule has 0 spiro atoms. The van der Waals surface area contributed by atoms with Gasteiger partial charge in [0.1, 0.15) is 0 Å². The highest BCUT2D eigenvalue weighted by molar-refractivity contribution is 7.14. The van der Waals surface area contributed by atoms with E-state index in [-0.39, 0.29) is 17.1 Å². The molecule has 6 rings (SSSR count). The fraction of sp³-hybridized carbons (Fsp3) is 0.478. The van der Waals surface area contributed by atoms with Crippen molar-refractivity contribution in [3.63, 3.8) is 0 Å². The van der Waals surface area contributed by atoms with Crippen LogP contribution >= 0.6 is 11.3 Å². The van der Waals surface area contributed by atoms with E-state index < -0.39 is 0 Å². The highest BCUT2D eigenvalue weighted by Gasteiger charge is 2.54. The zero-order valence-corrected chi connectivity index (χ0v) is 16.3. The number of amides is 1. The van der Waals surface area contributed by atoms with Crippen LogP contribution in [0.1, 0.15) is 58.6 Å². The first-order valence-corrected chi connectivity index (χ1v) is 10.9. The summed E-state index contributed by atoms with van der Waals surface area (Å²) in [6.07, 6.45) is 7.32. The lowest BCUT2D eigenvalue weighted by molar-refractivity contribution is -0.146. The Morgan fingerprint density at radius 3 is 2.19 bits per heavy atom. The Bertz CT molecular complexity index is 834. The van der Waals surface area contributed by atoms with Crippen LogP contribution in [0.5, 0.6) is 0 Å². The second-order valence-electron chi connectivity index (χ2n) is 8.84. The molecule has 1 aromatic carbocycles. The van der Waals surface area contributed by atoms with E-state index in [4.69, 9.17) is 0 Å². The van der Waals surface area contributed by atoms with E-state index in [0.29, 0.717) is 12.1 Å². The lowest BCUT2D eigenvalue weighted by Gasteiger charge is -2.55. The lowest BCUT2D eigenvalue weighted by Crippen LogP contribution is -2.53. The minimum atomic E-state index is -0.102. The van der Waals surface area contributed by atoms with Crippen molar-refractivity contribution >= 4 is 23.0 Å². The molecule has 3 nitrogen and oxygen atoms in total. The van der Waals surface area contributed by atoms with E-state index in [9.17, 15) is 9.59 Å². The Kier molecular flexibility index (Phi) is 4.19. The fourth-order valence-corrected chi connectivity index (χ4v) is 6.98. The Morgan fingerprint density at radius 2 is 1.56 bits per heavy atom. The Balaban J connectivity index is 1.24. The van der Waals surface area contributed by atoms with Gasteiger partial charge < -0.3 is 5.32 Å². The number of ketones is 1. The molecule has 4 heteroatoms. The highest BCUT2D eigenvalue weighted by Crippen LogP contribution is 2.60. The molecule has 0 unspecified atom stereocenters. The number of nitrogens with one attached hydrogen (secondary N) is 1. The zero-order valence-electron chi connectivity index (χ0n) is 15.4. The monoisotopic (exact) mass is 379 g/mol. The molecule has 1 heterocycles. The van der Waals surface area contributed by atoms with Gasteiger partial charge in [0.2, 0.25) is 11.7 Å². The van der Waals surface area contributed by atoms with Crippen LogP contribution in [0.15, 0.2) is 42.5 Å². The fourth-order valence-electron chi connectivity index (χ4n) is 6.07. The van der Waals surface area contributed by atoms with Gasteiger partial charge >= 0.3 is 0 Å². The zero-order chi connectivity index (χ0) is 18.4. The van der Waals surface area contributed by atoms with Crippen LogP contribution in [0.4, 0.5) is 0 Å². The minimum absolute atomic E-state index is 0.0549. The molecule has 4 aliphatic carbocycles. The standard InChI is InChI=1S/C23H25NO2S/c25-21(18-4-2-1-3-5-18)20-7-6-19(27-20)14-24-22(26)23-11-15-8-16(12-23)10-17(9-15)13-23/h1-7,15-17H,8-14H2,(H,24,26). The SMILES string of the molecule is O=C(c1ccccc1)c1ccc(CNC(=O)C23CC4CC(CC(C4)C2)C3)s1. The number of carbonyl (C=O) groups is 2. The molecule has 0 saturated heterocycles. The van der Waals surface area contributed by atoms with Gasteiger partial charge in [-0.1, -0.05) is 30.3 Å². The Morgan fingerprint density at radius 1 is 0.926 bits per heavy atom. The summed E-state index contributed by atoms with van der Waals surface area (Å²) in [6, 6.07) is 13.2. The van der Waals surface area contributed by atoms with Gasteiger partial charge in [0, 0.05) is 15.9 Å². The summed E-state index contributed by atoms with van der Waals surface area (Å²) in [6.45, 7) is 0.535. The third-order valence-corrected chi connectivity index (χ3v) is 7.95. The van der Waals surface area contributed by atoms with Crippen LogP contribution in [0.2, 0.25) is 0 Å². The molecule has 140 valence electrons. The smallest absolute Gasteiger partial charge is 0.226 e. The van der Waals surface area contributed by atoms with Gasteiger partial charge in [-0.2, -0.15) is 0 Å². The number of carbonyl (C=O) groups excluding carboxylic acids is 2. The average Bonchev–Trinajstić information content (AvgIpc) is 3.14. The Labute approximate surface area is 164 Å². The normalized spacial score (nSPS) is 31.0. The van der Waals surface area contributed by atoms with E-state index in [1.54, 1.807) is 0 Å². The molecular weight excluding hydrogens is 354 g/mol. The van der Waals surface area contributed by atoms with Crippen LogP contribution in [0.25, 0.3) is 0 Å². The van der Waals surface area contributed by atoms with Crippen molar-refractivity contribution in [3.05, 3.63) is 57.8 Å². The quantitative estimate of drug-likeness (QED) is 0.758. The molecule has 0 radical (unpaired) electrons. The molecule has 4 bridgehead atoms. The molecule has 1 aromatic heterocycles. The van der Waals surface area contributed by atoms with Crippen LogP contribution in [-0.2, 0) is 11.3 Å². The number of hydrogen-bond donors (Lipinski definition) is 1. The maximum atomic E-state index is 13.1. The van der Waals surface area contributed by atoms with Gasteiger partial charge in [0.05, 0.1) is 11.4 Å². The summed E-state index contributed by atoms with van der Waals surface area (Å²) in [5, 5.41) is 3.21. The molecule has 0 aliphatic heterocycles. The average molecular weight is 380 g/mol. The summed E-state index contributed by atoms with van der Waals surface area (Å²) in [5.41, 5.74) is 0.609. The molecule has 4 saturated carbocycles. The molecule has 4 fully saturated rings. The first-order chi connectivity index (χ1) is 13.1. The number of benzene rings is 1. The van der Waals surface area contributed by atoms with E-state index >= 15 is 0 Å². The second kappa shape index (κ2) is 6.59. The van der Waals surface area contributed by atoms with Crippen LogP contribution < -0.4 is 5.32 Å². The molecule has 2 aromatic rings. The van der Waals surface area contributed by atoms with E-state index in [1.807, 2.05) is 42.5 Å². The van der Waals surface area contributed by atoms with E-state index in [2.05, 4.69) is 5.32 Å². The predicted octanol–water partition coefficient (Wildman–Crippen LogP) is 4.81. The number of rotatable bonds is 5. The lowest BCUT2D eigenvalue weighted by atomic mass is 9.49. The van der Waals surface area contributed by atoms with Crippen molar-refractivity contribution in [2.45, 2.75) is 45.1 Å². The summed E-state index contributed by atoms with van der Waals surface area (Å²) >= 11 is 1.49. The number of hydrogen-bond acceptors (Lipinski definition) is 3. The van der Waals surface area contributed by atoms with E-state index in [1.165, 1.54) is 30.6 Å². The van der Waals surface area contributed by atoms with Gasteiger partial charge in [0.25, 0.3) is 0 Å². The summed E-state index contributed by atoms with van der Waals surface area (Å²) in [7, 11) is 0. The Hall–Kier alpha value is -1.94. The van der Waals surface area contributed by atoms with Gasteiger partial charge in [-0.25, -0.2) is 0 Å². The van der Waals surface area contributed by atoms with Crippen molar-refractivity contribution in [3.8, 4) is 0 Å². The van der Waals surface area contributed by atoms with Gasteiger partial charge in [-0.05, 0) is 68.4 Å². The molecule has 1 N–H and O–H groups in total. The third-order valence-electron chi connectivity index (χ3n) is 6.86. The summed E-state index contributed by atoms with van der Waals surface area (Å²) in [4.78, 5) is 27.4. The maximum absolute atomic E-state index is 13.1. The van der Waals surface area contributed by atoms with Crippen molar-refractivity contribution in [2.24, 2.45) is 23.2 Å². The molecule has 4 aliphatic rings. The topological polar surface area (TPSA) is 46.2 Å². The maximum Gasteiger partial charge on any atom is 0.226 e. The van der Waals surface area contributed by atoms with E-state index in [0.717, 1.165) is 46.8 Å². The first-order valence-electron chi connectivity index (χ1n) is 10.1. The largest absolute Gasteiger partial charge is 0.351 e. The summed E-state index contributed by atoms with van der Waals surface area (Å²) < 4.78 is 0. The second-order valence-corrected chi connectivity index (χ2v) is 10.0. The molecule has 0 atom stereocenters. The van der Waals surface area contributed by atoms with Gasteiger partial charge in [-0.3, -0.25) is 9.59 Å². The first kappa shape index (κ1) is 17.2. The van der Waals surface area contributed by atoms with Crippen molar-refractivity contribution in [2.75, 3.05) is 0 Å². The van der Waals surface area contributed by atoms with Crippen molar-refractivity contribution in [1.29, 1.82) is 0 Å². The van der Waals surface area contributed by atoms with Crippen LogP contribution in [-0.4, -0.2) is 11.7 Å². The van der Waals surface area contributed by atoms with Crippen LogP contribution in [0, 0.1) is 23.2 Å². The number of thiophene rings is 1. The van der Waals surface area contributed by atoms with Crippen molar-refractivity contribution in [1.82, 2.24) is 5.32 Å². The summed E-state index contributed by atoms with van der Waals surface area (Å²) in [5.74, 6) is 2.64. The van der Waals surface area contributed by atoms with Gasteiger partial charge in [-0.15, -0.1) is 11.3 Å². The molecular formula is C23H25NO2S.